The Hall–Kier alpha value is -3.71. The van der Waals surface area contributed by atoms with Crippen LogP contribution in [0, 0.1) is 5.92 Å². The molecule has 0 aliphatic heterocycles. The number of benzene rings is 1. The van der Waals surface area contributed by atoms with Crippen molar-refractivity contribution in [3.63, 3.8) is 0 Å². The predicted molar refractivity (Wildman–Crippen MR) is 139 cm³/mol. The highest BCUT2D eigenvalue weighted by molar-refractivity contribution is 5.95. The number of nitrogens with one attached hydrogen (secondary N) is 2. The summed E-state index contributed by atoms with van der Waals surface area (Å²) in [4.78, 5) is 24.3. The van der Waals surface area contributed by atoms with Gasteiger partial charge in [-0.05, 0) is 80.3 Å². The van der Waals surface area contributed by atoms with E-state index >= 15 is 0 Å². The Morgan fingerprint density at radius 1 is 1.31 bits per heavy atom. The number of allylic oxidation sites excluding steroid dienone is 2. The van der Waals surface area contributed by atoms with Crippen molar-refractivity contribution in [2.45, 2.75) is 45.8 Å². The number of ether oxygens (including phenoxy) is 1. The number of nitrogens with zero attached hydrogens (tertiary/aromatic N) is 2. The summed E-state index contributed by atoms with van der Waals surface area (Å²) in [5.74, 6) is 1.25. The van der Waals surface area contributed by atoms with Gasteiger partial charge in [0.15, 0.2) is 0 Å². The van der Waals surface area contributed by atoms with Crippen LogP contribution in [0.15, 0.2) is 65.6 Å². The number of hydrogen-bond acceptors (Lipinski definition) is 5. The van der Waals surface area contributed by atoms with E-state index < -0.39 is 0 Å². The van der Waals surface area contributed by atoms with Crippen molar-refractivity contribution in [2.75, 3.05) is 6.54 Å². The van der Waals surface area contributed by atoms with Gasteiger partial charge in [0.05, 0.1) is 12.7 Å². The number of aliphatic hydroxyl groups excluding tert-OH is 1. The molecule has 0 unspecified atom stereocenters. The second-order valence-corrected chi connectivity index (χ2v) is 9.18. The first-order valence-corrected chi connectivity index (χ1v) is 11.9. The van der Waals surface area contributed by atoms with E-state index in [1.54, 1.807) is 24.5 Å². The van der Waals surface area contributed by atoms with Crippen LogP contribution in [0.2, 0.25) is 0 Å². The number of aliphatic imine (C=N–C) groups is 1. The molecule has 182 valence electrons. The molecule has 1 aliphatic carbocycles. The van der Waals surface area contributed by atoms with E-state index in [-0.39, 0.29) is 18.6 Å². The van der Waals surface area contributed by atoms with Crippen LogP contribution < -0.4 is 10.1 Å². The first kappa shape index (κ1) is 24.4. The van der Waals surface area contributed by atoms with E-state index in [4.69, 9.17) is 4.74 Å². The number of rotatable bonds is 11. The average Bonchev–Trinajstić information content (AvgIpc) is 3.58. The normalized spacial score (nSPS) is 14.1. The average molecular weight is 473 g/mol. The molecule has 2 aromatic heterocycles. The molecule has 0 spiro atoms. The maximum Gasteiger partial charge on any atom is 0.247 e. The summed E-state index contributed by atoms with van der Waals surface area (Å²) in [6.45, 7) is 8.06. The van der Waals surface area contributed by atoms with Gasteiger partial charge in [0.2, 0.25) is 5.91 Å². The van der Waals surface area contributed by atoms with Crippen LogP contribution in [0.1, 0.15) is 37.8 Å². The number of hydrogen-bond donors (Lipinski definition) is 3. The smallest absolute Gasteiger partial charge is 0.247 e. The zero-order valence-electron chi connectivity index (χ0n) is 20.3. The number of amides is 1. The predicted octanol–water partition coefficient (Wildman–Crippen LogP) is 4.72. The number of fused-ring (bicyclic) bond motifs is 1. The molecule has 1 fully saturated rings. The number of aliphatic hydroxyl groups is 1. The maximum absolute atomic E-state index is 13.0. The highest BCUT2D eigenvalue weighted by Crippen LogP contribution is 2.33. The number of aromatic nitrogens is 2. The number of carbonyl (C=O) groups excluding carboxylic acids is 1. The molecule has 0 atom stereocenters. The van der Waals surface area contributed by atoms with Gasteiger partial charge in [-0.15, -0.1) is 0 Å². The summed E-state index contributed by atoms with van der Waals surface area (Å²) >= 11 is 0. The van der Waals surface area contributed by atoms with Gasteiger partial charge in [-0.1, -0.05) is 12.1 Å². The molecule has 7 nitrogen and oxygen atoms in total. The number of H-pyrrole nitrogens is 1. The third-order valence-corrected chi connectivity index (χ3v) is 5.84. The molecule has 1 aromatic carbocycles. The van der Waals surface area contributed by atoms with Gasteiger partial charge in [-0.2, -0.15) is 0 Å². The fourth-order valence-corrected chi connectivity index (χ4v) is 3.96. The van der Waals surface area contributed by atoms with Crippen LogP contribution in [0.5, 0.6) is 5.75 Å². The van der Waals surface area contributed by atoms with E-state index in [2.05, 4.69) is 33.1 Å². The minimum atomic E-state index is -0.0776. The lowest BCUT2D eigenvalue weighted by Crippen LogP contribution is -2.27. The molecule has 4 rings (SSSR count). The van der Waals surface area contributed by atoms with Crippen LogP contribution >= 0.6 is 0 Å². The topological polar surface area (TPSA) is 99.6 Å². The first-order valence-electron chi connectivity index (χ1n) is 11.9. The third kappa shape index (κ3) is 6.45. The molecular weight excluding hydrogens is 440 g/mol. The van der Waals surface area contributed by atoms with E-state index in [0.717, 1.165) is 39.0 Å². The minimum Gasteiger partial charge on any atom is -0.491 e. The van der Waals surface area contributed by atoms with Crippen LogP contribution in [0.4, 0.5) is 0 Å². The summed E-state index contributed by atoms with van der Waals surface area (Å²) in [7, 11) is 0. The largest absolute Gasteiger partial charge is 0.491 e. The quantitative estimate of drug-likeness (QED) is 0.214. The SMILES string of the molecule is C=N/C=C\C=C(/Cc1cc(OC(C)C)cc(-c2c[nH]c3ncc(CO)cc23)c1)C(=O)NCC1CC1. The Labute approximate surface area is 205 Å². The minimum absolute atomic E-state index is 0.00202. The van der Waals surface area contributed by atoms with Crippen molar-refractivity contribution < 1.29 is 14.6 Å². The molecule has 0 saturated heterocycles. The van der Waals surface area contributed by atoms with Gasteiger partial charge in [-0.25, -0.2) is 4.98 Å². The summed E-state index contributed by atoms with van der Waals surface area (Å²) < 4.78 is 6.06. The lowest BCUT2D eigenvalue weighted by atomic mass is 9.97. The Bertz CT molecular complexity index is 1270. The summed E-state index contributed by atoms with van der Waals surface area (Å²) in [6, 6.07) is 7.98. The molecule has 7 heteroatoms. The third-order valence-electron chi connectivity index (χ3n) is 5.84. The molecule has 35 heavy (non-hydrogen) atoms. The van der Waals surface area contributed by atoms with E-state index in [1.807, 2.05) is 38.2 Å². The zero-order chi connectivity index (χ0) is 24.8. The Morgan fingerprint density at radius 3 is 2.86 bits per heavy atom. The molecule has 1 saturated carbocycles. The van der Waals surface area contributed by atoms with Gasteiger partial charge >= 0.3 is 0 Å². The van der Waals surface area contributed by atoms with Crippen LogP contribution in [0.25, 0.3) is 22.2 Å². The molecule has 2 heterocycles. The highest BCUT2D eigenvalue weighted by Gasteiger charge is 2.22. The van der Waals surface area contributed by atoms with Gasteiger partial charge in [0, 0.05) is 48.1 Å². The van der Waals surface area contributed by atoms with Crippen molar-refractivity contribution in [3.8, 4) is 16.9 Å². The summed E-state index contributed by atoms with van der Waals surface area (Å²) in [6.07, 6.45) is 11.4. The van der Waals surface area contributed by atoms with Crippen molar-refractivity contribution in [3.05, 3.63) is 71.7 Å². The maximum atomic E-state index is 13.0. The number of aromatic amines is 1. The second-order valence-electron chi connectivity index (χ2n) is 9.18. The number of pyridine rings is 1. The molecule has 0 bridgehead atoms. The molecular formula is C28H32N4O3. The Morgan fingerprint density at radius 2 is 2.14 bits per heavy atom. The zero-order valence-corrected chi connectivity index (χ0v) is 20.3. The summed E-state index contributed by atoms with van der Waals surface area (Å²) in [5.41, 5.74) is 4.98. The van der Waals surface area contributed by atoms with E-state index in [0.29, 0.717) is 24.5 Å². The van der Waals surface area contributed by atoms with Crippen molar-refractivity contribution in [1.82, 2.24) is 15.3 Å². The second kappa shape index (κ2) is 11.1. The van der Waals surface area contributed by atoms with E-state index in [1.165, 1.54) is 12.8 Å². The fraction of sp³-hybridized carbons (Fsp3) is 0.321. The first-order chi connectivity index (χ1) is 17.0. The molecule has 1 amide bonds. The van der Waals surface area contributed by atoms with Crippen molar-refractivity contribution >= 4 is 23.7 Å². The molecule has 1 aliphatic rings. The van der Waals surface area contributed by atoms with Crippen LogP contribution in [-0.4, -0.2) is 40.3 Å². The Kier molecular flexibility index (Phi) is 7.77. The van der Waals surface area contributed by atoms with Crippen molar-refractivity contribution in [1.29, 1.82) is 0 Å². The lowest BCUT2D eigenvalue weighted by molar-refractivity contribution is -0.117. The van der Waals surface area contributed by atoms with Gasteiger partial charge in [0.25, 0.3) is 0 Å². The molecule has 3 N–H and O–H groups in total. The van der Waals surface area contributed by atoms with E-state index in [9.17, 15) is 9.90 Å². The summed E-state index contributed by atoms with van der Waals surface area (Å²) in [5, 5.41) is 13.6. The van der Waals surface area contributed by atoms with Gasteiger partial charge in [0.1, 0.15) is 11.4 Å². The Balaban J connectivity index is 1.71. The molecule has 3 aromatic rings. The standard InChI is InChI=1S/C28H32N4O3/c1-18(2)35-24-11-20(9-22(5-4-8-29-3)28(34)32-14-19-6-7-19)10-23(13-24)26-16-31-27-25(26)12-21(17-33)15-30-27/h4-5,8,10-13,15-16,18-19,33H,3,6-7,9,14,17H2,1-2H3,(H,30,31)(H,32,34)/b8-4-,22-5+. The monoisotopic (exact) mass is 472 g/mol. The van der Waals surface area contributed by atoms with Gasteiger partial charge in [-0.3, -0.25) is 9.79 Å². The lowest BCUT2D eigenvalue weighted by Gasteiger charge is -2.15. The van der Waals surface area contributed by atoms with Crippen molar-refractivity contribution in [2.24, 2.45) is 10.9 Å². The highest BCUT2D eigenvalue weighted by atomic mass is 16.5. The van der Waals surface area contributed by atoms with Crippen LogP contribution in [-0.2, 0) is 17.8 Å². The van der Waals surface area contributed by atoms with Crippen LogP contribution in [0.3, 0.4) is 0 Å². The molecule has 0 radical (unpaired) electrons. The van der Waals surface area contributed by atoms with Gasteiger partial charge < -0.3 is 20.1 Å². The number of carbonyl (C=O) groups is 1. The fourth-order valence-electron chi connectivity index (χ4n) is 3.96.